The normalized spacial score (nSPS) is 17.5. The van der Waals surface area contributed by atoms with Crippen LogP contribution in [0.25, 0.3) is 16.3 Å². The fourth-order valence-electron chi connectivity index (χ4n) is 3.28. The number of aromatic amines is 1. The molecule has 1 saturated heterocycles. The minimum absolute atomic E-state index is 0.0497. The second-order valence-corrected chi connectivity index (χ2v) is 6.81. The fraction of sp³-hybridized carbons (Fsp3) is 0.143. The van der Waals surface area contributed by atoms with Crippen molar-refractivity contribution in [1.29, 1.82) is 0 Å². The monoisotopic (exact) mass is 364 g/mol. The van der Waals surface area contributed by atoms with E-state index in [0.717, 1.165) is 28.3 Å². The van der Waals surface area contributed by atoms with Crippen molar-refractivity contribution in [2.24, 2.45) is 0 Å². The van der Waals surface area contributed by atoms with Crippen molar-refractivity contribution in [3.63, 3.8) is 0 Å². The summed E-state index contributed by atoms with van der Waals surface area (Å²) in [5.41, 5.74) is 2.20. The molecule has 0 unspecified atom stereocenters. The average Bonchev–Trinajstić information content (AvgIpc) is 3.07. The molecule has 4 nitrogen and oxygen atoms in total. The van der Waals surface area contributed by atoms with Gasteiger partial charge in [-0.15, -0.1) is 0 Å². The Bertz CT molecular complexity index is 1080. The van der Waals surface area contributed by atoms with Crippen LogP contribution in [0.2, 0.25) is 5.02 Å². The highest BCUT2D eigenvalue weighted by molar-refractivity contribution is 6.30. The molecule has 1 aromatic heterocycles. The molecule has 0 bridgehead atoms. The Labute approximate surface area is 155 Å². The third-order valence-electron chi connectivity index (χ3n) is 4.61. The predicted octanol–water partition coefficient (Wildman–Crippen LogP) is 3.89. The Morgan fingerprint density at radius 2 is 1.85 bits per heavy atom. The van der Waals surface area contributed by atoms with E-state index >= 15 is 0 Å². The van der Waals surface area contributed by atoms with Crippen molar-refractivity contribution in [3.8, 4) is 0 Å². The third kappa shape index (κ3) is 3.28. The molecular weight excluding hydrogens is 348 g/mol. The summed E-state index contributed by atoms with van der Waals surface area (Å²) in [7, 11) is 0. The topological polar surface area (TPSA) is 62.0 Å². The summed E-state index contributed by atoms with van der Waals surface area (Å²) in [5.74, 6) is 0.0497. The van der Waals surface area contributed by atoms with Gasteiger partial charge in [-0.3, -0.25) is 9.59 Å². The molecule has 0 spiro atoms. The first-order valence-electron chi connectivity index (χ1n) is 8.50. The number of pyridine rings is 1. The molecule has 0 aliphatic carbocycles. The van der Waals surface area contributed by atoms with Crippen LogP contribution in [0.5, 0.6) is 0 Å². The fourth-order valence-corrected chi connectivity index (χ4v) is 3.39. The van der Waals surface area contributed by atoms with Crippen LogP contribution in [-0.4, -0.2) is 16.9 Å². The van der Waals surface area contributed by atoms with Crippen LogP contribution >= 0.6 is 11.6 Å². The van der Waals surface area contributed by atoms with Gasteiger partial charge in [-0.1, -0.05) is 54.1 Å². The van der Waals surface area contributed by atoms with Crippen LogP contribution in [0.3, 0.4) is 0 Å². The zero-order valence-electron chi connectivity index (χ0n) is 14.0. The number of fused-ring (bicyclic) bond motifs is 1. The van der Waals surface area contributed by atoms with E-state index in [1.54, 1.807) is 12.1 Å². The molecule has 0 saturated carbocycles. The van der Waals surface area contributed by atoms with E-state index in [0.29, 0.717) is 12.1 Å². The molecule has 1 amide bonds. The Kier molecular flexibility index (Phi) is 4.35. The highest BCUT2D eigenvalue weighted by atomic mass is 35.5. The number of carbonyl (C=O) groups excluding carboxylic acids is 1. The first-order chi connectivity index (χ1) is 12.6. The van der Waals surface area contributed by atoms with E-state index in [1.165, 1.54) is 0 Å². The maximum atomic E-state index is 12.0. The largest absolute Gasteiger partial charge is 0.350 e. The molecule has 0 radical (unpaired) electrons. The highest BCUT2D eigenvalue weighted by Gasteiger charge is 2.20. The number of hydrogen-bond donors (Lipinski definition) is 2. The van der Waals surface area contributed by atoms with Gasteiger partial charge in [-0.2, -0.15) is 0 Å². The van der Waals surface area contributed by atoms with Crippen molar-refractivity contribution < 1.29 is 4.79 Å². The zero-order chi connectivity index (χ0) is 18.1. The van der Waals surface area contributed by atoms with Gasteiger partial charge in [0.2, 0.25) is 5.91 Å². The van der Waals surface area contributed by atoms with E-state index in [2.05, 4.69) is 34.6 Å². The number of amides is 1. The number of H-pyrrole nitrogens is 1. The Balaban J connectivity index is 1.85. The lowest BCUT2D eigenvalue weighted by Gasteiger charge is -2.13. The molecule has 1 aliphatic heterocycles. The van der Waals surface area contributed by atoms with Gasteiger partial charge in [0.05, 0.1) is 0 Å². The van der Waals surface area contributed by atoms with Crippen molar-refractivity contribution in [2.45, 2.75) is 18.9 Å². The molecule has 5 heteroatoms. The second kappa shape index (κ2) is 6.81. The molecule has 26 heavy (non-hydrogen) atoms. The number of carbonyl (C=O) groups is 1. The summed E-state index contributed by atoms with van der Waals surface area (Å²) in [6, 6.07) is 17.6. The quantitative estimate of drug-likeness (QED) is 0.740. The molecule has 3 aromatic rings. The van der Waals surface area contributed by atoms with Gasteiger partial charge in [0.1, 0.15) is 5.02 Å². The summed E-state index contributed by atoms with van der Waals surface area (Å²) >= 11 is 5.88. The molecule has 1 aliphatic rings. The van der Waals surface area contributed by atoms with Gasteiger partial charge in [0, 0.05) is 23.7 Å². The van der Waals surface area contributed by atoms with Crippen LogP contribution in [0.15, 0.2) is 65.5 Å². The number of rotatable bonds is 3. The van der Waals surface area contributed by atoms with Crippen molar-refractivity contribution >= 4 is 33.9 Å². The first-order valence-corrected chi connectivity index (χ1v) is 8.87. The molecule has 130 valence electrons. The summed E-state index contributed by atoms with van der Waals surface area (Å²) in [6.07, 6.45) is 3.27. The van der Waals surface area contributed by atoms with E-state index in [4.69, 9.17) is 11.6 Å². The average molecular weight is 365 g/mol. The smallest absolute Gasteiger partial charge is 0.267 e. The van der Waals surface area contributed by atoms with Gasteiger partial charge in [0.25, 0.3) is 5.56 Å². The van der Waals surface area contributed by atoms with Crippen LogP contribution in [-0.2, 0) is 4.79 Å². The van der Waals surface area contributed by atoms with E-state index in [-0.39, 0.29) is 22.5 Å². The van der Waals surface area contributed by atoms with E-state index in [1.807, 2.05) is 24.3 Å². The van der Waals surface area contributed by atoms with Crippen LogP contribution in [0.4, 0.5) is 0 Å². The van der Waals surface area contributed by atoms with Crippen molar-refractivity contribution in [1.82, 2.24) is 10.3 Å². The lowest BCUT2D eigenvalue weighted by atomic mass is 9.96. The van der Waals surface area contributed by atoms with Crippen LogP contribution in [0, 0.1) is 0 Å². The van der Waals surface area contributed by atoms with Crippen molar-refractivity contribution in [2.75, 3.05) is 0 Å². The Hall–Kier alpha value is -2.85. The SMILES string of the molecule is O=C1CC[C@H](C=C(c2ccc3ccccc3c2)c2ccc(Cl)c(=O)[nH]2)N1. The number of hydrogen-bond acceptors (Lipinski definition) is 2. The Morgan fingerprint density at radius 1 is 1.04 bits per heavy atom. The van der Waals surface area contributed by atoms with Gasteiger partial charge >= 0.3 is 0 Å². The standard InChI is InChI=1S/C21H17ClN2O2/c22-18-8-9-19(24-21(18)26)17(12-16-7-10-20(25)23-16)15-6-5-13-3-1-2-4-14(13)11-15/h1-6,8-9,11-12,16H,7,10H2,(H,23,25)(H,24,26)/t16-/m1/s1. The third-order valence-corrected chi connectivity index (χ3v) is 4.91. The minimum Gasteiger partial charge on any atom is -0.350 e. The van der Waals surface area contributed by atoms with Crippen LogP contribution in [0.1, 0.15) is 24.1 Å². The summed E-state index contributed by atoms with van der Waals surface area (Å²) < 4.78 is 0. The second-order valence-electron chi connectivity index (χ2n) is 6.40. The van der Waals surface area contributed by atoms with E-state index < -0.39 is 0 Å². The maximum Gasteiger partial charge on any atom is 0.267 e. The number of nitrogens with one attached hydrogen (secondary N) is 2. The molecular formula is C21H17ClN2O2. The summed E-state index contributed by atoms with van der Waals surface area (Å²) in [4.78, 5) is 26.4. The zero-order valence-corrected chi connectivity index (χ0v) is 14.7. The van der Waals surface area contributed by atoms with Crippen LogP contribution < -0.4 is 10.9 Å². The maximum absolute atomic E-state index is 12.0. The number of halogens is 1. The summed E-state index contributed by atoms with van der Waals surface area (Å²) in [6.45, 7) is 0. The lowest BCUT2D eigenvalue weighted by Crippen LogP contribution is -2.23. The highest BCUT2D eigenvalue weighted by Crippen LogP contribution is 2.27. The van der Waals surface area contributed by atoms with Gasteiger partial charge in [-0.05, 0) is 41.0 Å². The minimum atomic E-state index is -0.327. The molecule has 2 N–H and O–H groups in total. The van der Waals surface area contributed by atoms with E-state index in [9.17, 15) is 9.59 Å². The lowest BCUT2D eigenvalue weighted by molar-refractivity contribution is -0.119. The van der Waals surface area contributed by atoms with Crippen molar-refractivity contribution in [3.05, 3.63) is 87.3 Å². The summed E-state index contributed by atoms with van der Waals surface area (Å²) in [5, 5.41) is 5.37. The number of benzene rings is 2. The van der Waals surface area contributed by atoms with Gasteiger partial charge < -0.3 is 10.3 Å². The van der Waals surface area contributed by atoms with Gasteiger partial charge in [0.15, 0.2) is 0 Å². The molecule has 2 heterocycles. The predicted molar refractivity (Wildman–Crippen MR) is 104 cm³/mol. The Morgan fingerprint density at radius 3 is 2.58 bits per heavy atom. The molecule has 2 aromatic carbocycles. The number of aromatic nitrogens is 1. The molecule has 1 atom stereocenters. The first kappa shape index (κ1) is 16.6. The van der Waals surface area contributed by atoms with Gasteiger partial charge in [-0.25, -0.2) is 0 Å². The molecule has 1 fully saturated rings. The molecule has 4 rings (SSSR count).